The zero-order chi connectivity index (χ0) is 14.9. The topological polar surface area (TPSA) is 50.3 Å². The predicted octanol–water partition coefficient (Wildman–Crippen LogP) is 3.18. The van der Waals surface area contributed by atoms with Crippen molar-refractivity contribution in [2.24, 2.45) is 0 Å². The maximum absolute atomic E-state index is 12.6. The Morgan fingerprint density at radius 1 is 1.15 bits per heavy atom. The molecular weight excluding hydrogens is 296 g/mol. The molecule has 0 saturated heterocycles. The number of aryl methyl sites for hydroxylation is 2. The third-order valence-corrected chi connectivity index (χ3v) is 5.12. The van der Waals surface area contributed by atoms with Crippen molar-refractivity contribution in [3.8, 4) is 0 Å². The Morgan fingerprint density at radius 3 is 2.50 bits per heavy atom. The van der Waals surface area contributed by atoms with Crippen LogP contribution in [-0.2, 0) is 10.0 Å². The van der Waals surface area contributed by atoms with E-state index < -0.39 is 10.0 Å². The molecule has 1 aromatic carbocycles. The summed E-state index contributed by atoms with van der Waals surface area (Å²) in [5.74, 6) is 0.379. The van der Waals surface area contributed by atoms with Crippen LogP contribution in [0.4, 0.5) is 5.82 Å². The maximum Gasteiger partial charge on any atom is 0.265 e. The van der Waals surface area contributed by atoms with Gasteiger partial charge in [-0.2, -0.15) is 0 Å². The lowest BCUT2D eigenvalue weighted by molar-refractivity contribution is 0.593. The van der Waals surface area contributed by atoms with Crippen LogP contribution in [0.3, 0.4) is 0 Å². The Kier molecular flexibility index (Phi) is 4.01. The molecule has 1 aromatic heterocycles. The van der Waals surface area contributed by atoms with E-state index in [0.717, 1.165) is 5.69 Å². The molecule has 4 nitrogen and oxygen atoms in total. The Labute approximate surface area is 124 Å². The summed E-state index contributed by atoms with van der Waals surface area (Å²) in [5.41, 5.74) is 1.40. The van der Waals surface area contributed by atoms with E-state index in [-0.39, 0.29) is 4.90 Å². The monoisotopic (exact) mass is 310 g/mol. The molecular formula is C14H15ClN2O2S. The van der Waals surface area contributed by atoms with Crippen LogP contribution >= 0.6 is 11.6 Å². The number of hydrogen-bond donors (Lipinski definition) is 0. The Bertz CT molecular complexity index is 745. The molecule has 0 atom stereocenters. The SMILES string of the molecule is Cc1cccc(N(C)S(=O)(=O)c2cc(Cl)ccc2C)n1. The van der Waals surface area contributed by atoms with E-state index >= 15 is 0 Å². The zero-order valence-corrected chi connectivity index (χ0v) is 13.0. The fourth-order valence-corrected chi connectivity index (χ4v) is 3.46. The van der Waals surface area contributed by atoms with Crippen LogP contribution in [0.5, 0.6) is 0 Å². The van der Waals surface area contributed by atoms with Crippen LogP contribution in [0.2, 0.25) is 5.02 Å². The van der Waals surface area contributed by atoms with Gasteiger partial charge in [0.25, 0.3) is 10.0 Å². The van der Waals surface area contributed by atoms with Gasteiger partial charge in [-0.3, -0.25) is 4.31 Å². The highest BCUT2D eigenvalue weighted by atomic mass is 35.5. The molecule has 0 amide bonds. The third-order valence-electron chi connectivity index (χ3n) is 2.98. The molecule has 0 aliphatic heterocycles. The third kappa shape index (κ3) is 2.78. The highest BCUT2D eigenvalue weighted by molar-refractivity contribution is 7.92. The van der Waals surface area contributed by atoms with Crippen molar-refractivity contribution in [3.63, 3.8) is 0 Å². The average Bonchev–Trinajstić information content (AvgIpc) is 2.40. The molecule has 0 spiro atoms. The second-order valence-electron chi connectivity index (χ2n) is 4.52. The standard InChI is InChI=1S/C14H15ClN2O2S/c1-10-7-8-12(15)9-13(10)20(18,19)17(3)14-6-4-5-11(2)16-14/h4-9H,1-3H3. The normalized spacial score (nSPS) is 11.4. The van der Waals surface area contributed by atoms with Crippen molar-refractivity contribution >= 4 is 27.4 Å². The van der Waals surface area contributed by atoms with Crippen molar-refractivity contribution in [2.75, 3.05) is 11.4 Å². The smallest absolute Gasteiger partial charge is 0.253 e. The van der Waals surface area contributed by atoms with E-state index in [1.165, 1.54) is 17.4 Å². The molecule has 0 radical (unpaired) electrons. The molecule has 6 heteroatoms. The molecule has 0 unspecified atom stereocenters. The summed E-state index contributed by atoms with van der Waals surface area (Å²) in [6.45, 7) is 3.55. The number of nitrogens with zero attached hydrogens (tertiary/aromatic N) is 2. The molecule has 2 aromatic rings. The van der Waals surface area contributed by atoms with Crippen LogP contribution in [0, 0.1) is 13.8 Å². The number of halogens is 1. The molecule has 0 aliphatic rings. The molecule has 0 N–H and O–H groups in total. The summed E-state index contributed by atoms with van der Waals surface area (Å²) in [4.78, 5) is 4.42. The molecule has 20 heavy (non-hydrogen) atoms. The summed E-state index contributed by atoms with van der Waals surface area (Å²) in [6, 6.07) is 10.1. The minimum absolute atomic E-state index is 0.191. The first kappa shape index (κ1) is 14.8. The maximum atomic E-state index is 12.6. The Morgan fingerprint density at radius 2 is 1.85 bits per heavy atom. The van der Waals surface area contributed by atoms with Crippen molar-refractivity contribution in [2.45, 2.75) is 18.7 Å². The highest BCUT2D eigenvalue weighted by Gasteiger charge is 2.24. The van der Waals surface area contributed by atoms with Crippen molar-refractivity contribution < 1.29 is 8.42 Å². The number of benzene rings is 1. The van der Waals surface area contributed by atoms with Gasteiger partial charge in [0, 0.05) is 17.8 Å². The second-order valence-corrected chi connectivity index (χ2v) is 6.89. The van der Waals surface area contributed by atoms with Gasteiger partial charge in [-0.1, -0.05) is 23.7 Å². The van der Waals surface area contributed by atoms with Crippen LogP contribution in [0.15, 0.2) is 41.3 Å². The average molecular weight is 311 g/mol. The molecule has 0 bridgehead atoms. The van der Waals surface area contributed by atoms with Gasteiger partial charge >= 0.3 is 0 Å². The van der Waals surface area contributed by atoms with Gasteiger partial charge in [0.15, 0.2) is 0 Å². The van der Waals surface area contributed by atoms with Crippen LogP contribution < -0.4 is 4.31 Å². The van der Waals surface area contributed by atoms with Crippen molar-refractivity contribution in [1.82, 2.24) is 4.98 Å². The number of aromatic nitrogens is 1. The molecule has 0 fully saturated rings. The molecule has 1 heterocycles. The summed E-state index contributed by atoms with van der Waals surface area (Å²) in [5, 5.41) is 0.389. The van der Waals surface area contributed by atoms with Crippen molar-refractivity contribution in [3.05, 3.63) is 52.7 Å². The van der Waals surface area contributed by atoms with E-state index in [9.17, 15) is 8.42 Å². The summed E-state index contributed by atoms with van der Waals surface area (Å²) in [7, 11) is -2.19. The van der Waals surface area contributed by atoms with Gasteiger partial charge in [-0.25, -0.2) is 13.4 Å². The second kappa shape index (κ2) is 5.42. The largest absolute Gasteiger partial charge is 0.265 e. The lowest BCUT2D eigenvalue weighted by atomic mass is 10.2. The van der Waals surface area contributed by atoms with Crippen molar-refractivity contribution in [1.29, 1.82) is 0 Å². The molecule has 2 rings (SSSR count). The van der Waals surface area contributed by atoms with Crippen LogP contribution in [-0.4, -0.2) is 20.4 Å². The Hall–Kier alpha value is -1.59. The predicted molar refractivity (Wildman–Crippen MR) is 80.8 cm³/mol. The number of rotatable bonds is 3. The molecule has 106 valence electrons. The lowest BCUT2D eigenvalue weighted by Crippen LogP contribution is -2.28. The molecule has 0 saturated carbocycles. The highest BCUT2D eigenvalue weighted by Crippen LogP contribution is 2.25. The number of pyridine rings is 1. The number of sulfonamides is 1. The van der Waals surface area contributed by atoms with E-state index in [1.54, 1.807) is 31.2 Å². The fraction of sp³-hybridized carbons (Fsp3) is 0.214. The van der Waals surface area contributed by atoms with Crippen LogP contribution in [0.1, 0.15) is 11.3 Å². The zero-order valence-electron chi connectivity index (χ0n) is 11.5. The summed E-state index contributed by atoms with van der Waals surface area (Å²) < 4.78 is 26.5. The fourth-order valence-electron chi connectivity index (χ4n) is 1.83. The van der Waals surface area contributed by atoms with Gasteiger partial charge in [0.2, 0.25) is 0 Å². The number of anilines is 1. The van der Waals surface area contributed by atoms with Gasteiger partial charge < -0.3 is 0 Å². The van der Waals surface area contributed by atoms with Gasteiger partial charge in [-0.15, -0.1) is 0 Å². The van der Waals surface area contributed by atoms with Gasteiger partial charge in [-0.05, 0) is 43.7 Å². The first-order valence-corrected chi connectivity index (χ1v) is 7.83. The van der Waals surface area contributed by atoms with Gasteiger partial charge in [0.05, 0.1) is 4.90 Å². The van der Waals surface area contributed by atoms with E-state index in [0.29, 0.717) is 16.4 Å². The summed E-state index contributed by atoms with van der Waals surface area (Å²) in [6.07, 6.45) is 0. The first-order chi connectivity index (χ1) is 9.32. The van der Waals surface area contributed by atoms with E-state index in [2.05, 4.69) is 4.98 Å². The van der Waals surface area contributed by atoms with Gasteiger partial charge in [0.1, 0.15) is 5.82 Å². The molecule has 0 aliphatic carbocycles. The Balaban J connectivity index is 2.52. The quantitative estimate of drug-likeness (QED) is 0.875. The van der Waals surface area contributed by atoms with Crippen LogP contribution in [0.25, 0.3) is 0 Å². The van der Waals surface area contributed by atoms with E-state index in [4.69, 9.17) is 11.6 Å². The first-order valence-electron chi connectivity index (χ1n) is 6.01. The lowest BCUT2D eigenvalue weighted by Gasteiger charge is -2.20. The summed E-state index contributed by atoms with van der Waals surface area (Å²) >= 11 is 5.90. The minimum atomic E-state index is -3.68. The minimum Gasteiger partial charge on any atom is -0.253 e. The van der Waals surface area contributed by atoms with E-state index in [1.807, 2.05) is 13.0 Å². The number of hydrogen-bond acceptors (Lipinski definition) is 3.